The standard InChI is InChI=1S/C33H38FN7O3S/c1-20(2)33(34)11-6-26-24(17-33)16-28-30(39-26)45-31(40-28)29(42)38-27(10-15-41-13-8-21(9-14-41)32(43)44-3)22-4-5-25(35-18-22)23-7-12-36-37-19-23/h4-5,7,12,16,18-21,27H,6,8-11,13-15,17H2,1-3H3,(H,38,42)/t27?,33-/m0/s1. The average molecular weight is 632 g/mol. The lowest BCUT2D eigenvalue weighted by Crippen LogP contribution is -2.39. The number of rotatable bonds is 9. The minimum absolute atomic E-state index is 0.0637. The van der Waals surface area contributed by atoms with E-state index in [0.29, 0.717) is 41.0 Å². The Morgan fingerprint density at radius 3 is 2.67 bits per heavy atom. The molecule has 1 unspecified atom stereocenters. The number of fused-ring (bicyclic) bond motifs is 2. The third kappa shape index (κ3) is 6.86. The number of hydrogen-bond acceptors (Lipinski definition) is 10. The molecule has 2 aliphatic rings. The summed E-state index contributed by atoms with van der Waals surface area (Å²) in [5, 5.41) is 11.3. The average Bonchev–Trinajstić information content (AvgIpc) is 3.49. The highest BCUT2D eigenvalue weighted by molar-refractivity contribution is 7.19. The minimum atomic E-state index is -1.25. The summed E-state index contributed by atoms with van der Waals surface area (Å²) in [6.45, 7) is 6.16. The van der Waals surface area contributed by atoms with E-state index in [2.05, 4.69) is 30.4 Å². The van der Waals surface area contributed by atoms with Gasteiger partial charge in [-0.2, -0.15) is 10.2 Å². The number of esters is 1. The molecule has 1 amide bonds. The summed E-state index contributed by atoms with van der Waals surface area (Å²) in [4.78, 5) is 42.7. The molecule has 4 aromatic rings. The number of likely N-dealkylation sites (tertiary alicyclic amines) is 1. The highest BCUT2D eigenvalue weighted by Gasteiger charge is 2.38. The second-order valence-electron chi connectivity index (χ2n) is 12.4. The van der Waals surface area contributed by atoms with Crippen LogP contribution < -0.4 is 5.32 Å². The van der Waals surface area contributed by atoms with Crippen molar-refractivity contribution >= 4 is 33.6 Å². The fourth-order valence-electron chi connectivity index (χ4n) is 6.27. The van der Waals surface area contributed by atoms with Gasteiger partial charge in [-0.15, -0.1) is 0 Å². The van der Waals surface area contributed by atoms with E-state index in [-0.39, 0.29) is 29.8 Å². The van der Waals surface area contributed by atoms with Crippen LogP contribution in [0.3, 0.4) is 0 Å². The maximum Gasteiger partial charge on any atom is 0.308 e. The summed E-state index contributed by atoms with van der Waals surface area (Å²) in [5.74, 6) is -0.578. The van der Waals surface area contributed by atoms with Gasteiger partial charge in [-0.3, -0.25) is 14.6 Å². The van der Waals surface area contributed by atoms with Gasteiger partial charge >= 0.3 is 5.97 Å². The first-order valence-corrected chi connectivity index (χ1v) is 16.4. The van der Waals surface area contributed by atoms with Gasteiger partial charge in [-0.1, -0.05) is 31.3 Å². The summed E-state index contributed by atoms with van der Waals surface area (Å²) >= 11 is 1.26. The molecule has 0 bridgehead atoms. The lowest BCUT2D eigenvalue weighted by molar-refractivity contribution is -0.147. The van der Waals surface area contributed by atoms with Crippen LogP contribution in [0.4, 0.5) is 4.39 Å². The van der Waals surface area contributed by atoms with Crippen molar-refractivity contribution in [2.75, 3.05) is 26.7 Å². The Morgan fingerprint density at radius 1 is 1.16 bits per heavy atom. The topological polar surface area (TPSA) is 123 Å². The van der Waals surface area contributed by atoms with Crippen molar-refractivity contribution in [3.8, 4) is 11.3 Å². The van der Waals surface area contributed by atoms with Crippen LogP contribution in [0.5, 0.6) is 0 Å². The maximum atomic E-state index is 15.5. The van der Waals surface area contributed by atoms with E-state index in [1.807, 2.05) is 38.1 Å². The number of ether oxygens (including phenoxy) is 1. The Hall–Kier alpha value is -3.90. The van der Waals surface area contributed by atoms with E-state index in [0.717, 1.165) is 60.6 Å². The normalized spacial score (nSPS) is 19.8. The lowest BCUT2D eigenvalue weighted by Gasteiger charge is -2.33. The number of amides is 1. The minimum Gasteiger partial charge on any atom is -0.469 e. The van der Waals surface area contributed by atoms with E-state index < -0.39 is 5.67 Å². The van der Waals surface area contributed by atoms with Crippen LogP contribution in [-0.2, 0) is 22.4 Å². The molecular weight excluding hydrogens is 593 g/mol. The first-order chi connectivity index (χ1) is 21.7. The fraction of sp³-hybridized carbons (Fsp3) is 0.485. The van der Waals surface area contributed by atoms with Gasteiger partial charge in [0.1, 0.15) is 16.0 Å². The molecule has 10 nitrogen and oxygen atoms in total. The summed E-state index contributed by atoms with van der Waals surface area (Å²) in [5.41, 5.74) is 3.65. The molecule has 12 heteroatoms. The first kappa shape index (κ1) is 31.1. The summed E-state index contributed by atoms with van der Waals surface area (Å²) in [6, 6.07) is 7.33. The zero-order valence-corrected chi connectivity index (χ0v) is 26.6. The number of thiazole rings is 1. The number of aromatic nitrogens is 5. The maximum absolute atomic E-state index is 15.5. The third-order valence-corrected chi connectivity index (χ3v) is 10.2. The smallest absolute Gasteiger partial charge is 0.308 e. The number of carbonyl (C=O) groups excluding carboxylic acids is 2. The first-order valence-electron chi connectivity index (χ1n) is 15.5. The van der Waals surface area contributed by atoms with Crippen molar-refractivity contribution in [1.82, 2.24) is 35.4 Å². The van der Waals surface area contributed by atoms with Gasteiger partial charge in [-0.25, -0.2) is 14.4 Å². The Balaban J connectivity index is 1.20. The van der Waals surface area contributed by atoms with E-state index in [9.17, 15) is 9.59 Å². The third-order valence-electron chi connectivity index (χ3n) is 9.27. The van der Waals surface area contributed by atoms with E-state index in [1.165, 1.54) is 18.4 Å². The Bertz CT molecular complexity index is 1660. The molecule has 4 aromatic heterocycles. The van der Waals surface area contributed by atoms with Gasteiger partial charge in [-0.05, 0) is 80.4 Å². The number of methoxy groups -OCH3 is 1. The molecule has 1 fully saturated rings. The van der Waals surface area contributed by atoms with Crippen molar-refractivity contribution in [2.24, 2.45) is 11.8 Å². The highest BCUT2D eigenvalue weighted by atomic mass is 32.1. The van der Waals surface area contributed by atoms with Gasteiger partial charge < -0.3 is 15.0 Å². The predicted octanol–water partition coefficient (Wildman–Crippen LogP) is 5.14. The molecule has 1 aliphatic carbocycles. The van der Waals surface area contributed by atoms with Gasteiger partial charge in [0.2, 0.25) is 0 Å². The van der Waals surface area contributed by atoms with Crippen molar-refractivity contribution in [3.05, 3.63) is 64.7 Å². The van der Waals surface area contributed by atoms with Crippen molar-refractivity contribution < 1.29 is 18.7 Å². The van der Waals surface area contributed by atoms with E-state index >= 15 is 4.39 Å². The van der Waals surface area contributed by atoms with Gasteiger partial charge in [0.25, 0.3) is 5.91 Å². The number of halogens is 1. The Labute approximate surface area is 265 Å². The molecule has 0 radical (unpaired) electrons. The van der Waals surface area contributed by atoms with Gasteiger partial charge in [0, 0.05) is 30.4 Å². The number of pyridine rings is 2. The van der Waals surface area contributed by atoms with Crippen molar-refractivity contribution in [1.29, 1.82) is 0 Å². The van der Waals surface area contributed by atoms with Crippen LogP contribution in [0.25, 0.3) is 21.6 Å². The van der Waals surface area contributed by atoms with Crippen LogP contribution in [-0.4, -0.2) is 74.3 Å². The number of nitrogens with one attached hydrogen (secondary N) is 1. The quantitative estimate of drug-likeness (QED) is 0.250. The number of aryl methyl sites for hydroxylation is 1. The molecule has 5 heterocycles. The molecule has 45 heavy (non-hydrogen) atoms. The van der Waals surface area contributed by atoms with Gasteiger partial charge in [0.15, 0.2) is 5.01 Å². The monoisotopic (exact) mass is 631 g/mol. The zero-order chi connectivity index (χ0) is 31.6. The fourth-order valence-corrected chi connectivity index (χ4v) is 7.11. The van der Waals surface area contributed by atoms with Crippen molar-refractivity contribution in [3.63, 3.8) is 0 Å². The van der Waals surface area contributed by atoms with Gasteiger partial charge in [0.05, 0.1) is 37.2 Å². The van der Waals surface area contributed by atoms with E-state index in [1.54, 1.807) is 18.6 Å². The highest BCUT2D eigenvalue weighted by Crippen LogP contribution is 2.38. The van der Waals surface area contributed by atoms with Crippen molar-refractivity contribution in [2.45, 2.75) is 64.1 Å². The van der Waals surface area contributed by atoms with E-state index in [4.69, 9.17) is 9.72 Å². The number of hydrogen-bond donors (Lipinski definition) is 1. The molecule has 0 spiro atoms. The summed E-state index contributed by atoms with van der Waals surface area (Å²) in [6.07, 6.45) is 8.58. The van der Waals surface area contributed by atoms with Crippen LogP contribution in [0.2, 0.25) is 0 Å². The molecule has 1 saturated heterocycles. The number of alkyl halides is 1. The number of nitrogens with zero attached hydrogens (tertiary/aromatic N) is 6. The lowest BCUT2D eigenvalue weighted by atomic mass is 9.77. The Morgan fingerprint density at radius 2 is 1.98 bits per heavy atom. The van der Waals surface area contributed by atoms with Crippen LogP contribution in [0, 0.1) is 11.8 Å². The zero-order valence-electron chi connectivity index (χ0n) is 25.8. The molecule has 1 aliphatic heterocycles. The molecule has 6 rings (SSSR count). The molecule has 236 valence electrons. The molecule has 0 aromatic carbocycles. The summed E-state index contributed by atoms with van der Waals surface area (Å²) < 4.78 is 20.4. The Kier molecular flexibility index (Phi) is 9.14. The summed E-state index contributed by atoms with van der Waals surface area (Å²) in [7, 11) is 1.43. The number of carbonyl (C=O) groups is 2. The predicted molar refractivity (Wildman–Crippen MR) is 169 cm³/mol. The molecule has 0 saturated carbocycles. The largest absolute Gasteiger partial charge is 0.469 e. The SMILES string of the molecule is COC(=O)C1CCN(CCC(NC(=O)c2nc3cc4c(nc3s2)CC[C@@](F)(C(C)C)C4)c2ccc(-c3ccnnc3)nc2)CC1. The molecule has 2 atom stereocenters. The second kappa shape index (κ2) is 13.2. The number of piperidine rings is 1. The van der Waals surface area contributed by atoms with Crippen LogP contribution >= 0.6 is 11.3 Å². The molecule has 1 N–H and O–H groups in total. The van der Waals surface area contributed by atoms with Crippen LogP contribution in [0.1, 0.15) is 72.2 Å². The van der Waals surface area contributed by atoms with Crippen LogP contribution in [0.15, 0.2) is 42.9 Å². The molecular formula is C33H38FN7O3S. The second-order valence-corrected chi connectivity index (χ2v) is 13.3.